The Balaban J connectivity index is 1.85. The number of hydrogen-bond donors (Lipinski definition) is 2. The van der Waals surface area contributed by atoms with Gasteiger partial charge in [-0.15, -0.1) is 0 Å². The molecule has 0 aromatic heterocycles. The Kier molecular flexibility index (Phi) is 5.96. The molecule has 142 valence electrons. The molecule has 0 unspecified atom stereocenters. The van der Waals surface area contributed by atoms with Gasteiger partial charge in [-0.05, 0) is 49.4 Å². The molecule has 0 saturated carbocycles. The first-order valence-electron chi connectivity index (χ1n) is 8.60. The Bertz CT molecular complexity index is 1030. The summed E-state index contributed by atoms with van der Waals surface area (Å²) < 4.78 is 5.26. The largest absolute Gasteiger partial charge is 0.495 e. The third-order valence-corrected chi connectivity index (χ3v) is 4.34. The van der Waals surface area contributed by atoms with Crippen LogP contribution in [0.15, 0.2) is 66.7 Å². The molecule has 6 heteroatoms. The molecule has 5 nitrogen and oxygen atoms in total. The number of rotatable bonds is 5. The molecule has 0 atom stereocenters. The van der Waals surface area contributed by atoms with Crippen LogP contribution in [0.5, 0.6) is 5.75 Å². The van der Waals surface area contributed by atoms with Crippen molar-refractivity contribution in [1.82, 2.24) is 0 Å². The van der Waals surface area contributed by atoms with Crippen molar-refractivity contribution in [3.05, 3.63) is 88.4 Å². The number of aryl methyl sites for hydroxylation is 1. The third kappa shape index (κ3) is 4.50. The summed E-state index contributed by atoms with van der Waals surface area (Å²) in [7, 11) is 1.51. The minimum Gasteiger partial charge on any atom is -0.495 e. The summed E-state index contributed by atoms with van der Waals surface area (Å²) in [6, 6.07) is 19.0. The molecule has 0 aliphatic carbocycles. The maximum atomic E-state index is 12.8. The summed E-state index contributed by atoms with van der Waals surface area (Å²) in [6.07, 6.45) is 0. The van der Waals surface area contributed by atoms with Crippen LogP contribution >= 0.6 is 11.6 Å². The van der Waals surface area contributed by atoms with E-state index in [1.807, 2.05) is 19.1 Å². The lowest BCUT2D eigenvalue weighted by Crippen LogP contribution is -2.18. The van der Waals surface area contributed by atoms with Crippen LogP contribution in [0.3, 0.4) is 0 Å². The lowest BCUT2D eigenvalue weighted by atomic mass is 10.1. The van der Waals surface area contributed by atoms with Gasteiger partial charge in [0, 0.05) is 10.6 Å². The summed E-state index contributed by atoms with van der Waals surface area (Å²) in [5.74, 6) is -0.191. The predicted octanol–water partition coefficient (Wildman–Crippen LogP) is 5.16. The maximum Gasteiger partial charge on any atom is 0.257 e. The fraction of sp³-hybridized carbons (Fsp3) is 0.0909. The Morgan fingerprint density at radius 2 is 1.61 bits per heavy atom. The van der Waals surface area contributed by atoms with Crippen molar-refractivity contribution in [2.24, 2.45) is 0 Å². The molecule has 3 aromatic carbocycles. The smallest absolute Gasteiger partial charge is 0.257 e. The van der Waals surface area contributed by atoms with E-state index < -0.39 is 0 Å². The van der Waals surface area contributed by atoms with E-state index in [2.05, 4.69) is 10.6 Å². The van der Waals surface area contributed by atoms with Crippen LogP contribution < -0.4 is 15.4 Å². The number of amides is 2. The Morgan fingerprint density at radius 1 is 0.857 bits per heavy atom. The van der Waals surface area contributed by atoms with Crippen LogP contribution in [0.4, 0.5) is 11.4 Å². The summed E-state index contributed by atoms with van der Waals surface area (Å²) in [6.45, 7) is 1.91. The van der Waals surface area contributed by atoms with Crippen LogP contribution in [0.1, 0.15) is 26.3 Å². The molecular weight excluding hydrogens is 376 g/mol. The van der Waals surface area contributed by atoms with Gasteiger partial charge in [-0.2, -0.15) is 0 Å². The van der Waals surface area contributed by atoms with E-state index >= 15 is 0 Å². The molecule has 0 spiro atoms. The van der Waals surface area contributed by atoms with Crippen LogP contribution in [0.2, 0.25) is 5.02 Å². The second-order valence-corrected chi connectivity index (χ2v) is 6.60. The first-order valence-corrected chi connectivity index (χ1v) is 8.97. The zero-order valence-corrected chi connectivity index (χ0v) is 16.2. The molecule has 0 saturated heterocycles. The van der Waals surface area contributed by atoms with E-state index in [9.17, 15) is 9.59 Å². The van der Waals surface area contributed by atoms with Gasteiger partial charge in [0.05, 0.1) is 24.0 Å². The van der Waals surface area contributed by atoms with Gasteiger partial charge in [0.1, 0.15) is 5.75 Å². The fourth-order valence-electron chi connectivity index (χ4n) is 2.74. The number of carbonyl (C=O) groups excluding carboxylic acids is 2. The van der Waals surface area contributed by atoms with Gasteiger partial charge in [-0.25, -0.2) is 0 Å². The minimum absolute atomic E-state index is 0.288. The number of halogens is 1. The van der Waals surface area contributed by atoms with E-state index in [1.54, 1.807) is 54.6 Å². The van der Waals surface area contributed by atoms with Crippen LogP contribution in [0, 0.1) is 6.92 Å². The van der Waals surface area contributed by atoms with Gasteiger partial charge >= 0.3 is 0 Å². The van der Waals surface area contributed by atoms with Gasteiger partial charge in [0.25, 0.3) is 11.8 Å². The summed E-state index contributed by atoms with van der Waals surface area (Å²) in [5, 5.41) is 6.05. The van der Waals surface area contributed by atoms with E-state index in [1.165, 1.54) is 7.11 Å². The average Bonchev–Trinajstić information content (AvgIpc) is 2.68. The molecule has 3 aromatic rings. The third-order valence-electron chi connectivity index (χ3n) is 4.11. The first-order chi connectivity index (χ1) is 13.5. The molecule has 3 rings (SSSR count). The molecule has 28 heavy (non-hydrogen) atoms. The number of methoxy groups -OCH3 is 1. The molecule has 2 amide bonds. The van der Waals surface area contributed by atoms with Gasteiger partial charge in [0.2, 0.25) is 0 Å². The lowest BCUT2D eigenvalue weighted by Gasteiger charge is -2.14. The monoisotopic (exact) mass is 394 g/mol. The van der Waals surface area contributed by atoms with Gasteiger partial charge in [0.15, 0.2) is 0 Å². The molecule has 0 fully saturated rings. The maximum absolute atomic E-state index is 12.8. The van der Waals surface area contributed by atoms with Crippen molar-refractivity contribution >= 4 is 34.8 Å². The van der Waals surface area contributed by atoms with Crippen molar-refractivity contribution in [3.63, 3.8) is 0 Å². The van der Waals surface area contributed by atoms with Crippen molar-refractivity contribution in [2.75, 3.05) is 17.7 Å². The standard InChI is InChI=1S/C22H19ClN2O3/c1-14-6-5-7-15(12-14)21(26)24-18-9-4-3-8-17(18)22(27)25-19-13-16(23)10-11-20(19)28-2/h3-13H,1-2H3,(H,24,26)(H,25,27). The number of carbonyl (C=O) groups is 2. The molecule has 2 N–H and O–H groups in total. The molecule has 0 aliphatic heterocycles. The van der Waals surface area contributed by atoms with Gasteiger partial charge in [-0.1, -0.05) is 41.4 Å². The number of anilines is 2. The highest BCUT2D eigenvalue weighted by molar-refractivity contribution is 6.31. The Morgan fingerprint density at radius 3 is 2.36 bits per heavy atom. The predicted molar refractivity (Wildman–Crippen MR) is 112 cm³/mol. The van der Waals surface area contributed by atoms with Crippen molar-refractivity contribution in [3.8, 4) is 5.75 Å². The lowest BCUT2D eigenvalue weighted by molar-refractivity contribution is 0.102. The Labute approximate surface area is 168 Å². The molecule has 0 aliphatic rings. The van der Waals surface area contributed by atoms with Crippen LogP contribution in [0.25, 0.3) is 0 Å². The molecule has 0 radical (unpaired) electrons. The van der Waals surface area contributed by atoms with E-state index in [4.69, 9.17) is 16.3 Å². The molecule has 0 heterocycles. The van der Waals surface area contributed by atoms with Crippen molar-refractivity contribution in [1.29, 1.82) is 0 Å². The zero-order valence-electron chi connectivity index (χ0n) is 15.5. The minimum atomic E-state index is -0.388. The SMILES string of the molecule is COc1ccc(Cl)cc1NC(=O)c1ccccc1NC(=O)c1cccc(C)c1. The summed E-state index contributed by atoms with van der Waals surface area (Å²) in [4.78, 5) is 25.4. The number of hydrogen-bond acceptors (Lipinski definition) is 3. The number of nitrogens with one attached hydrogen (secondary N) is 2. The van der Waals surface area contributed by atoms with E-state index in [-0.39, 0.29) is 11.8 Å². The topological polar surface area (TPSA) is 67.4 Å². The average molecular weight is 395 g/mol. The van der Waals surface area contributed by atoms with Crippen molar-refractivity contribution < 1.29 is 14.3 Å². The van der Waals surface area contributed by atoms with Gasteiger partial charge < -0.3 is 15.4 Å². The zero-order chi connectivity index (χ0) is 20.1. The summed E-state index contributed by atoms with van der Waals surface area (Å²) in [5.41, 5.74) is 2.68. The van der Waals surface area contributed by atoms with Crippen LogP contribution in [-0.4, -0.2) is 18.9 Å². The second kappa shape index (κ2) is 8.59. The number of para-hydroxylation sites is 1. The Hall–Kier alpha value is -3.31. The fourth-order valence-corrected chi connectivity index (χ4v) is 2.91. The van der Waals surface area contributed by atoms with Crippen molar-refractivity contribution in [2.45, 2.75) is 6.92 Å². The normalized spacial score (nSPS) is 10.2. The highest BCUT2D eigenvalue weighted by Crippen LogP contribution is 2.29. The molecule has 0 bridgehead atoms. The first kappa shape index (κ1) is 19.5. The highest BCUT2D eigenvalue weighted by Gasteiger charge is 2.16. The highest BCUT2D eigenvalue weighted by atomic mass is 35.5. The number of benzene rings is 3. The molecular formula is C22H19ClN2O3. The quantitative estimate of drug-likeness (QED) is 0.628. The van der Waals surface area contributed by atoms with E-state index in [0.717, 1.165) is 5.56 Å². The second-order valence-electron chi connectivity index (χ2n) is 6.17. The summed E-state index contributed by atoms with van der Waals surface area (Å²) >= 11 is 6.02. The van der Waals surface area contributed by atoms with E-state index in [0.29, 0.717) is 33.3 Å². The van der Waals surface area contributed by atoms with Crippen LogP contribution in [-0.2, 0) is 0 Å². The van der Waals surface area contributed by atoms with Gasteiger partial charge in [-0.3, -0.25) is 9.59 Å². The number of ether oxygens (including phenoxy) is 1.